The van der Waals surface area contributed by atoms with Gasteiger partial charge in [0.15, 0.2) is 0 Å². The van der Waals surface area contributed by atoms with Crippen LogP contribution in [0.1, 0.15) is 31.9 Å². The highest BCUT2D eigenvalue weighted by atomic mass is 35.5. The summed E-state index contributed by atoms with van der Waals surface area (Å²) in [6.07, 6.45) is 1.47. The second-order valence-electron chi connectivity index (χ2n) is 6.18. The molecule has 4 nitrogen and oxygen atoms in total. The summed E-state index contributed by atoms with van der Waals surface area (Å²) in [5.41, 5.74) is 2.10. The number of hydrazone groups is 1. The van der Waals surface area contributed by atoms with E-state index in [-0.39, 0.29) is 10.3 Å². The van der Waals surface area contributed by atoms with Crippen LogP contribution in [0.4, 0.5) is 0 Å². The molecule has 0 saturated carbocycles. The van der Waals surface area contributed by atoms with Gasteiger partial charge < -0.3 is 0 Å². The number of rotatable bonds is 4. The number of nitrogens with one attached hydrogen (secondary N) is 1. The Morgan fingerprint density at radius 2 is 1.57 bits per heavy atom. The Labute approximate surface area is 142 Å². The van der Waals surface area contributed by atoms with Gasteiger partial charge >= 0.3 is 0 Å². The molecule has 0 unspecified atom stereocenters. The summed E-state index contributed by atoms with van der Waals surface area (Å²) in [6.45, 7) is 6.41. The van der Waals surface area contributed by atoms with Gasteiger partial charge in [0.1, 0.15) is 0 Å². The van der Waals surface area contributed by atoms with Gasteiger partial charge in [0.25, 0.3) is 10.0 Å². The number of hydrogen-bond acceptors (Lipinski definition) is 3. The summed E-state index contributed by atoms with van der Waals surface area (Å²) in [5.74, 6) is 0. The summed E-state index contributed by atoms with van der Waals surface area (Å²) >= 11 is 5.75. The lowest BCUT2D eigenvalue weighted by Gasteiger charge is -2.18. The van der Waals surface area contributed by atoms with Gasteiger partial charge in [-0.15, -0.1) is 0 Å². The Hall–Kier alpha value is -1.85. The second kappa shape index (κ2) is 6.72. The standard InChI is InChI=1S/C17H19ClN2O2S/c1-17(2,3)14-6-4-13(5-7-14)12-19-20-23(21,22)16-10-8-15(18)9-11-16/h4-12,20H,1-3H3/b19-12-. The highest BCUT2D eigenvalue weighted by molar-refractivity contribution is 7.89. The van der Waals surface area contributed by atoms with Crippen molar-refractivity contribution in [2.45, 2.75) is 31.1 Å². The largest absolute Gasteiger partial charge is 0.276 e. The van der Waals surface area contributed by atoms with Crippen molar-refractivity contribution in [1.29, 1.82) is 0 Å². The van der Waals surface area contributed by atoms with Gasteiger partial charge in [-0.25, -0.2) is 4.83 Å². The summed E-state index contributed by atoms with van der Waals surface area (Å²) in [6, 6.07) is 13.7. The molecule has 0 bridgehead atoms. The Balaban J connectivity index is 2.07. The fraction of sp³-hybridized carbons (Fsp3) is 0.235. The van der Waals surface area contributed by atoms with Crippen molar-refractivity contribution in [2.75, 3.05) is 0 Å². The third-order valence-electron chi connectivity index (χ3n) is 3.29. The van der Waals surface area contributed by atoms with E-state index in [0.717, 1.165) is 5.56 Å². The fourth-order valence-corrected chi connectivity index (χ4v) is 2.82. The highest BCUT2D eigenvalue weighted by Crippen LogP contribution is 2.21. The number of halogens is 1. The molecule has 23 heavy (non-hydrogen) atoms. The Morgan fingerprint density at radius 3 is 2.09 bits per heavy atom. The van der Waals surface area contributed by atoms with Crippen LogP contribution >= 0.6 is 11.6 Å². The number of benzene rings is 2. The Morgan fingerprint density at radius 1 is 1.00 bits per heavy atom. The highest BCUT2D eigenvalue weighted by Gasteiger charge is 2.13. The van der Waals surface area contributed by atoms with E-state index in [0.29, 0.717) is 5.02 Å². The lowest BCUT2D eigenvalue weighted by molar-refractivity contribution is 0.584. The van der Waals surface area contributed by atoms with Crippen molar-refractivity contribution in [2.24, 2.45) is 5.10 Å². The molecular formula is C17H19ClN2O2S. The first-order valence-corrected chi connectivity index (χ1v) is 8.95. The molecule has 0 amide bonds. The molecule has 0 aliphatic heterocycles. The minimum Gasteiger partial charge on any atom is -0.200 e. The molecule has 1 N–H and O–H groups in total. The predicted molar refractivity (Wildman–Crippen MR) is 94.5 cm³/mol. The quantitative estimate of drug-likeness (QED) is 0.670. The van der Waals surface area contributed by atoms with Crippen molar-refractivity contribution in [3.8, 4) is 0 Å². The van der Waals surface area contributed by atoms with Crippen LogP contribution in [-0.4, -0.2) is 14.6 Å². The summed E-state index contributed by atoms with van der Waals surface area (Å²) in [4.78, 5) is 2.30. The molecule has 2 rings (SSSR count). The molecule has 0 spiro atoms. The lowest BCUT2D eigenvalue weighted by Crippen LogP contribution is -2.18. The maximum Gasteiger partial charge on any atom is 0.276 e. The van der Waals surface area contributed by atoms with E-state index in [1.807, 2.05) is 24.3 Å². The molecule has 0 radical (unpaired) electrons. The van der Waals surface area contributed by atoms with Crippen LogP contribution in [0.25, 0.3) is 0 Å². The van der Waals surface area contributed by atoms with Crippen molar-refractivity contribution >= 4 is 27.8 Å². The van der Waals surface area contributed by atoms with Gasteiger partial charge in [-0.05, 0) is 40.8 Å². The topological polar surface area (TPSA) is 58.5 Å². The molecule has 0 atom stereocenters. The van der Waals surface area contributed by atoms with Crippen LogP contribution in [0.3, 0.4) is 0 Å². The van der Waals surface area contributed by atoms with Crippen LogP contribution in [0.2, 0.25) is 5.02 Å². The van der Waals surface area contributed by atoms with E-state index in [1.54, 1.807) is 0 Å². The van der Waals surface area contributed by atoms with Gasteiger partial charge in [0.2, 0.25) is 0 Å². The van der Waals surface area contributed by atoms with Gasteiger partial charge in [-0.3, -0.25) is 0 Å². The van der Waals surface area contributed by atoms with Crippen LogP contribution in [0.5, 0.6) is 0 Å². The molecule has 0 aliphatic rings. The number of sulfonamides is 1. The minimum atomic E-state index is -3.69. The molecule has 6 heteroatoms. The summed E-state index contributed by atoms with van der Waals surface area (Å²) < 4.78 is 24.1. The third-order valence-corrected chi connectivity index (χ3v) is 4.78. The van der Waals surface area contributed by atoms with E-state index in [9.17, 15) is 8.42 Å². The van der Waals surface area contributed by atoms with E-state index in [1.165, 1.54) is 36.0 Å². The molecular weight excluding hydrogens is 332 g/mol. The smallest absolute Gasteiger partial charge is 0.200 e. The van der Waals surface area contributed by atoms with E-state index in [2.05, 4.69) is 30.7 Å². The third kappa shape index (κ3) is 4.81. The summed E-state index contributed by atoms with van der Waals surface area (Å²) in [5, 5.41) is 4.29. The maximum absolute atomic E-state index is 12.1. The lowest BCUT2D eigenvalue weighted by atomic mass is 9.87. The fourth-order valence-electron chi connectivity index (χ4n) is 1.91. The van der Waals surface area contributed by atoms with Crippen LogP contribution in [-0.2, 0) is 15.4 Å². The SMILES string of the molecule is CC(C)(C)c1ccc(/C=N\NS(=O)(=O)c2ccc(Cl)cc2)cc1. The van der Waals surface area contributed by atoms with Gasteiger partial charge in [0, 0.05) is 5.02 Å². The van der Waals surface area contributed by atoms with Gasteiger partial charge in [-0.2, -0.15) is 13.5 Å². The zero-order chi connectivity index (χ0) is 17.1. The van der Waals surface area contributed by atoms with Crippen molar-refractivity contribution in [1.82, 2.24) is 4.83 Å². The average Bonchev–Trinajstić information content (AvgIpc) is 2.47. The average molecular weight is 351 g/mol. The first-order chi connectivity index (χ1) is 10.7. The molecule has 2 aromatic carbocycles. The maximum atomic E-state index is 12.1. The van der Waals surface area contributed by atoms with Gasteiger partial charge in [-0.1, -0.05) is 56.6 Å². The van der Waals surface area contributed by atoms with Gasteiger partial charge in [0.05, 0.1) is 11.1 Å². The molecule has 0 aliphatic carbocycles. The molecule has 0 fully saturated rings. The monoisotopic (exact) mass is 350 g/mol. The minimum absolute atomic E-state index is 0.0752. The Bertz CT molecular complexity index is 790. The molecule has 0 saturated heterocycles. The van der Waals surface area contributed by atoms with Crippen LogP contribution < -0.4 is 4.83 Å². The second-order valence-corrected chi connectivity index (χ2v) is 8.28. The normalized spacial score (nSPS) is 12.5. The van der Waals surface area contributed by atoms with E-state index < -0.39 is 10.0 Å². The Kier molecular flexibility index (Phi) is 5.12. The van der Waals surface area contributed by atoms with Crippen molar-refractivity contribution in [3.63, 3.8) is 0 Å². The van der Waals surface area contributed by atoms with Crippen LogP contribution in [0, 0.1) is 0 Å². The van der Waals surface area contributed by atoms with Crippen molar-refractivity contribution < 1.29 is 8.42 Å². The zero-order valence-corrected chi connectivity index (χ0v) is 14.8. The van der Waals surface area contributed by atoms with Crippen molar-refractivity contribution in [3.05, 3.63) is 64.7 Å². The first kappa shape index (κ1) is 17.5. The van der Waals surface area contributed by atoms with Crippen LogP contribution in [0.15, 0.2) is 58.5 Å². The molecule has 122 valence electrons. The zero-order valence-electron chi connectivity index (χ0n) is 13.2. The number of nitrogens with zero attached hydrogens (tertiary/aromatic N) is 1. The van der Waals surface area contributed by atoms with E-state index >= 15 is 0 Å². The molecule has 2 aromatic rings. The van der Waals surface area contributed by atoms with E-state index in [4.69, 9.17) is 11.6 Å². The predicted octanol–water partition coefficient (Wildman–Crippen LogP) is 3.95. The number of hydrogen-bond donors (Lipinski definition) is 1. The molecule has 0 heterocycles. The first-order valence-electron chi connectivity index (χ1n) is 7.09. The molecule has 0 aromatic heterocycles. The summed E-state index contributed by atoms with van der Waals surface area (Å²) in [7, 11) is -3.69.